The SMILES string of the molecule is C#CCOc1ccc(OC)cc1/C=N\NC(=O)c1ccco1. The average molecular weight is 298 g/mol. The summed E-state index contributed by atoms with van der Waals surface area (Å²) in [4.78, 5) is 11.7. The second-order valence-corrected chi connectivity index (χ2v) is 4.07. The van der Waals surface area contributed by atoms with Gasteiger partial charge in [0.25, 0.3) is 0 Å². The molecule has 6 heteroatoms. The van der Waals surface area contributed by atoms with Gasteiger partial charge in [0.05, 0.1) is 19.6 Å². The second kappa shape index (κ2) is 7.55. The Hall–Kier alpha value is -3.20. The highest BCUT2D eigenvalue weighted by atomic mass is 16.5. The quantitative estimate of drug-likeness (QED) is 0.503. The van der Waals surface area contributed by atoms with E-state index < -0.39 is 5.91 Å². The zero-order valence-electron chi connectivity index (χ0n) is 11.9. The van der Waals surface area contributed by atoms with Gasteiger partial charge in [0.2, 0.25) is 0 Å². The molecule has 1 aromatic heterocycles. The minimum atomic E-state index is -0.449. The number of hydrogen-bond acceptors (Lipinski definition) is 5. The molecule has 1 heterocycles. The van der Waals surface area contributed by atoms with Crippen molar-refractivity contribution in [1.82, 2.24) is 5.43 Å². The molecule has 0 aliphatic rings. The molecule has 0 fully saturated rings. The van der Waals surface area contributed by atoms with Gasteiger partial charge in [0, 0.05) is 5.56 Å². The molecule has 22 heavy (non-hydrogen) atoms. The molecule has 1 N–H and O–H groups in total. The van der Waals surface area contributed by atoms with E-state index in [2.05, 4.69) is 16.4 Å². The summed E-state index contributed by atoms with van der Waals surface area (Å²) >= 11 is 0. The van der Waals surface area contributed by atoms with Crippen LogP contribution in [0.3, 0.4) is 0 Å². The maximum atomic E-state index is 11.7. The summed E-state index contributed by atoms with van der Waals surface area (Å²) in [5, 5.41) is 3.87. The highest BCUT2D eigenvalue weighted by Crippen LogP contribution is 2.22. The molecule has 1 amide bonds. The lowest BCUT2D eigenvalue weighted by molar-refractivity contribution is 0.0927. The predicted octanol–water partition coefficient (Wildman–Crippen LogP) is 2.06. The molecule has 0 radical (unpaired) electrons. The number of hydrazone groups is 1. The lowest BCUT2D eigenvalue weighted by atomic mass is 10.2. The topological polar surface area (TPSA) is 73.1 Å². The van der Waals surface area contributed by atoms with E-state index in [0.29, 0.717) is 17.1 Å². The fourth-order valence-corrected chi connectivity index (χ4v) is 1.63. The summed E-state index contributed by atoms with van der Waals surface area (Å²) in [5.41, 5.74) is 2.97. The Morgan fingerprint density at radius 3 is 3.05 bits per heavy atom. The van der Waals surface area contributed by atoms with Gasteiger partial charge in [-0.3, -0.25) is 4.79 Å². The molecule has 112 valence electrons. The molecule has 1 aromatic carbocycles. The molecule has 2 rings (SSSR count). The third-order valence-corrected chi connectivity index (χ3v) is 2.64. The van der Waals surface area contributed by atoms with Crippen molar-refractivity contribution in [3.8, 4) is 23.8 Å². The number of ether oxygens (including phenoxy) is 2. The summed E-state index contributed by atoms with van der Waals surface area (Å²) in [6.07, 6.45) is 8.02. The normalized spacial score (nSPS) is 10.2. The number of furan rings is 1. The number of terminal acetylenes is 1. The number of methoxy groups -OCH3 is 1. The predicted molar refractivity (Wildman–Crippen MR) is 81.1 cm³/mol. The number of nitrogens with zero attached hydrogens (tertiary/aromatic N) is 1. The number of carbonyl (C=O) groups excluding carboxylic acids is 1. The van der Waals surface area contributed by atoms with Gasteiger partial charge in [0.1, 0.15) is 18.1 Å². The first-order valence-electron chi connectivity index (χ1n) is 6.36. The Morgan fingerprint density at radius 2 is 2.36 bits per heavy atom. The summed E-state index contributed by atoms with van der Waals surface area (Å²) in [5.74, 6) is 3.28. The summed E-state index contributed by atoms with van der Waals surface area (Å²) in [6, 6.07) is 8.33. The van der Waals surface area contributed by atoms with E-state index in [1.807, 2.05) is 0 Å². The van der Waals surface area contributed by atoms with Crippen molar-refractivity contribution in [1.29, 1.82) is 0 Å². The number of rotatable bonds is 6. The van der Waals surface area contributed by atoms with Crippen LogP contribution in [0.4, 0.5) is 0 Å². The molecule has 0 saturated heterocycles. The third-order valence-electron chi connectivity index (χ3n) is 2.64. The van der Waals surface area contributed by atoms with Crippen LogP contribution in [0.15, 0.2) is 46.1 Å². The van der Waals surface area contributed by atoms with E-state index in [4.69, 9.17) is 20.3 Å². The van der Waals surface area contributed by atoms with Gasteiger partial charge in [-0.1, -0.05) is 5.92 Å². The van der Waals surface area contributed by atoms with E-state index in [-0.39, 0.29) is 12.4 Å². The standard InChI is InChI=1S/C16H14N2O4/c1-3-8-21-14-7-6-13(20-2)10-12(14)11-17-18-16(19)15-5-4-9-22-15/h1,4-7,9-11H,8H2,2H3,(H,18,19)/b17-11-. The Bertz CT molecular complexity index is 699. The third kappa shape index (κ3) is 3.90. The average Bonchev–Trinajstić information content (AvgIpc) is 3.08. The number of amides is 1. The zero-order chi connectivity index (χ0) is 15.8. The van der Waals surface area contributed by atoms with E-state index in [1.54, 1.807) is 31.4 Å². The zero-order valence-corrected chi connectivity index (χ0v) is 11.9. The molecule has 2 aromatic rings. The first-order chi connectivity index (χ1) is 10.7. The lowest BCUT2D eigenvalue weighted by Gasteiger charge is -2.08. The van der Waals surface area contributed by atoms with Gasteiger partial charge in [0.15, 0.2) is 5.76 Å². The van der Waals surface area contributed by atoms with Gasteiger partial charge >= 0.3 is 5.91 Å². The summed E-state index contributed by atoms with van der Waals surface area (Å²) in [6.45, 7) is 0.131. The minimum Gasteiger partial charge on any atom is -0.497 e. The maximum absolute atomic E-state index is 11.7. The number of benzene rings is 1. The van der Waals surface area contributed by atoms with E-state index in [9.17, 15) is 4.79 Å². The molecule has 0 bridgehead atoms. The fourth-order valence-electron chi connectivity index (χ4n) is 1.63. The van der Waals surface area contributed by atoms with Gasteiger partial charge in [-0.15, -0.1) is 6.42 Å². The molecular weight excluding hydrogens is 284 g/mol. The van der Waals surface area contributed by atoms with Crippen LogP contribution >= 0.6 is 0 Å². The minimum absolute atomic E-state index is 0.131. The van der Waals surface area contributed by atoms with Gasteiger partial charge in [-0.05, 0) is 30.3 Å². The van der Waals surface area contributed by atoms with Crippen LogP contribution < -0.4 is 14.9 Å². The van der Waals surface area contributed by atoms with Crippen molar-refractivity contribution in [2.75, 3.05) is 13.7 Å². The van der Waals surface area contributed by atoms with Crippen LogP contribution in [0.2, 0.25) is 0 Å². The Morgan fingerprint density at radius 1 is 1.50 bits per heavy atom. The molecule has 0 atom stereocenters. The van der Waals surface area contributed by atoms with Gasteiger partial charge in [-0.2, -0.15) is 5.10 Å². The number of carbonyl (C=O) groups is 1. The van der Waals surface area contributed by atoms with Crippen LogP contribution in [0.1, 0.15) is 16.1 Å². The lowest BCUT2D eigenvalue weighted by Crippen LogP contribution is -2.16. The van der Waals surface area contributed by atoms with Crippen molar-refractivity contribution in [3.63, 3.8) is 0 Å². The smallest absolute Gasteiger partial charge is 0.307 e. The number of nitrogens with one attached hydrogen (secondary N) is 1. The van der Waals surface area contributed by atoms with Crippen molar-refractivity contribution in [2.45, 2.75) is 0 Å². The molecule has 0 spiro atoms. The monoisotopic (exact) mass is 298 g/mol. The van der Waals surface area contributed by atoms with Crippen molar-refractivity contribution < 1.29 is 18.7 Å². The molecule has 0 unspecified atom stereocenters. The Labute approximate surface area is 127 Å². The molecule has 0 aliphatic carbocycles. The molecule has 6 nitrogen and oxygen atoms in total. The fraction of sp³-hybridized carbons (Fsp3) is 0.125. The van der Waals surface area contributed by atoms with Crippen LogP contribution in [-0.4, -0.2) is 25.8 Å². The molecule has 0 saturated carbocycles. The summed E-state index contributed by atoms with van der Waals surface area (Å²) in [7, 11) is 1.55. The van der Waals surface area contributed by atoms with Crippen LogP contribution in [0, 0.1) is 12.3 Å². The number of hydrogen-bond donors (Lipinski definition) is 1. The van der Waals surface area contributed by atoms with Gasteiger partial charge < -0.3 is 13.9 Å². The van der Waals surface area contributed by atoms with E-state index in [1.165, 1.54) is 18.5 Å². The Kier molecular flexibility index (Phi) is 5.21. The van der Waals surface area contributed by atoms with Crippen molar-refractivity contribution in [3.05, 3.63) is 47.9 Å². The molecule has 0 aliphatic heterocycles. The van der Waals surface area contributed by atoms with Crippen LogP contribution in [0.25, 0.3) is 0 Å². The van der Waals surface area contributed by atoms with Gasteiger partial charge in [-0.25, -0.2) is 5.43 Å². The first kappa shape index (κ1) is 15.2. The largest absolute Gasteiger partial charge is 0.497 e. The Balaban J connectivity index is 2.11. The van der Waals surface area contributed by atoms with E-state index >= 15 is 0 Å². The second-order valence-electron chi connectivity index (χ2n) is 4.07. The van der Waals surface area contributed by atoms with E-state index in [0.717, 1.165) is 0 Å². The first-order valence-corrected chi connectivity index (χ1v) is 6.36. The maximum Gasteiger partial charge on any atom is 0.307 e. The van der Waals surface area contributed by atoms with Crippen LogP contribution in [0.5, 0.6) is 11.5 Å². The van der Waals surface area contributed by atoms with Crippen LogP contribution in [-0.2, 0) is 0 Å². The highest BCUT2D eigenvalue weighted by molar-refractivity contribution is 5.92. The summed E-state index contributed by atoms with van der Waals surface area (Å²) < 4.78 is 15.5. The van der Waals surface area contributed by atoms with Crippen molar-refractivity contribution in [2.24, 2.45) is 5.10 Å². The molecular formula is C16H14N2O4. The highest BCUT2D eigenvalue weighted by Gasteiger charge is 2.07. The van der Waals surface area contributed by atoms with Crippen molar-refractivity contribution >= 4 is 12.1 Å².